The van der Waals surface area contributed by atoms with Crippen LogP contribution in [-0.2, 0) is 13.1 Å². The van der Waals surface area contributed by atoms with Gasteiger partial charge in [-0.1, -0.05) is 17.7 Å². The predicted molar refractivity (Wildman–Crippen MR) is 67.7 cm³/mol. The topological polar surface area (TPSA) is 56.7 Å². The van der Waals surface area contributed by atoms with Gasteiger partial charge in [-0.15, -0.1) is 0 Å². The summed E-state index contributed by atoms with van der Waals surface area (Å²) >= 11 is 0. The molecule has 0 fully saturated rings. The van der Waals surface area contributed by atoms with Gasteiger partial charge in [0.25, 0.3) is 0 Å². The third kappa shape index (κ3) is 2.53. The van der Waals surface area contributed by atoms with Crippen molar-refractivity contribution in [3.63, 3.8) is 0 Å². The van der Waals surface area contributed by atoms with Gasteiger partial charge in [-0.3, -0.25) is 0 Å². The Morgan fingerprint density at radius 3 is 2.35 bits per heavy atom. The van der Waals surface area contributed by atoms with E-state index in [1.165, 1.54) is 22.3 Å². The van der Waals surface area contributed by atoms with Crippen molar-refractivity contribution in [3.05, 3.63) is 46.5 Å². The number of nitrogens with zero attached hydrogens (tertiary/aromatic N) is 3. The Hall–Kier alpha value is -1.68. The molecule has 1 aromatic carbocycles. The van der Waals surface area contributed by atoms with E-state index in [-0.39, 0.29) is 0 Å². The summed E-state index contributed by atoms with van der Waals surface area (Å²) in [4.78, 5) is 4.13. The normalized spacial score (nSPS) is 10.8. The Labute approximate surface area is 101 Å². The maximum Gasteiger partial charge on any atom is 0.164 e. The molecular weight excluding hydrogens is 212 g/mol. The van der Waals surface area contributed by atoms with Crippen LogP contribution < -0.4 is 5.73 Å². The molecule has 0 unspecified atom stereocenters. The molecule has 4 nitrogen and oxygen atoms in total. The molecule has 17 heavy (non-hydrogen) atoms. The third-order valence-corrected chi connectivity index (χ3v) is 2.93. The highest BCUT2D eigenvalue weighted by molar-refractivity contribution is 5.37. The summed E-state index contributed by atoms with van der Waals surface area (Å²) in [5.41, 5.74) is 10.7. The average Bonchev–Trinajstić information content (AvgIpc) is 2.71. The van der Waals surface area contributed by atoms with Gasteiger partial charge in [-0.05, 0) is 37.5 Å². The summed E-state index contributed by atoms with van der Waals surface area (Å²) in [5, 5.41) is 4.31. The third-order valence-electron chi connectivity index (χ3n) is 2.93. The largest absolute Gasteiger partial charge is 0.324 e. The first-order valence-corrected chi connectivity index (χ1v) is 5.75. The summed E-state index contributed by atoms with van der Waals surface area (Å²) in [6, 6.07) is 4.40. The second-order valence-electron chi connectivity index (χ2n) is 4.44. The molecule has 0 saturated carbocycles. The monoisotopic (exact) mass is 230 g/mol. The predicted octanol–water partition coefficient (Wildman–Crippen LogP) is 1.71. The number of benzene rings is 1. The Morgan fingerprint density at radius 1 is 1.18 bits per heavy atom. The van der Waals surface area contributed by atoms with E-state index in [0.29, 0.717) is 12.4 Å². The lowest BCUT2D eigenvalue weighted by molar-refractivity contribution is 0.666. The summed E-state index contributed by atoms with van der Waals surface area (Å²) in [7, 11) is 0. The van der Waals surface area contributed by atoms with Crippen molar-refractivity contribution in [1.29, 1.82) is 0 Å². The van der Waals surface area contributed by atoms with Gasteiger partial charge < -0.3 is 5.73 Å². The summed E-state index contributed by atoms with van der Waals surface area (Å²) in [6.07, 6.45) is 1.74. The second kappa shape index (κ2) is 4.67. The van der Waals surface area contributed by atoms with Crippen molar-refractivity contribution < 1.29 is 0 Å². The zero-order valence-corrected chi connectivity index (χ0v) is 10.6. The van der Waals surface area contributed by atoms with Crippen molar-refractivity contribution in [3.8, 4) is 0 Å². The van der Waals surface area contributed by atoms with Gasteiger partial charge in [-0.2, -0.15) is 5.10 Å². The lowest BCUT2D eigenvalue weighted by atomic mass is 10.00. The van der Waals surface area contributed by atoms with E-state index in [4.69, 9.17) is 5.73 Å². The van der Waals surface area contributed by atoms with Crippen LogP contribution >= 0.6 is 0 Å². The van der Waals surface area contributed by atoms with Crippen LogP contribution in [0.3, 0.4) is 0 Å². The van der Waals surface area contributed by atoms with Crippen molar-refractivity contribution in [1.82, 2.24) is 14.8 Å². The smallest absolute Gasteiger partial charge is 0.164 e. The highest BCUT2D eigenvalue weighted by atomic mass is 15.3. The summed E-state index contributed by atoms with van der Waals surface area (Å²) in [6.45, 7) is 7.53. The highest BCUT2D eigenvalue weighted by Crippen LogP contribution is 2.17. The van der Waals surface area contributed by atoms with Crippen LogP contribution in [0.1, 0.15) is 28.1 Å². The highest BCUT2D eigenvalue weighted by Gasteiger charge is 2.06. The van der Waals surface area contributed by atoms with Crippen LogP contribution in [0.4, 0.5) is 0 Å². The molecule has 0 bridgehead atoms. The minimum atomic E-state index is 0.388. The standard InChI is InChI=1S/C13H18N4/c1-9-4-10(2)12(11(3)5-9)7-17-8-15-13(6-14)16-17/h4-5,8H,6-7,14H2,1-3H3. The Morgan fingerprint density at radius 2 is 1.82 bits per heavy atom. The van der Waals surface area contributed by atoms with Gasteiger partial charge in [0, 0.05) is 0 Å². The van der Waals surface area contributed by atoms with Crippen LogP contribution in [0.25, 0.3) is 0 Å². The van der Waals surface area contributed by atoms with Crippen LogP contribution in [0.5, 0.6) is 0 Å². The SMILES string of the molecule is Cc1cc(C)c(Cn2cnc(CN)n2)c(C)c1. The van der Waals surface area contributed by atoms with Gasteiger partial charge in [-0.25, -0.2) is 9.67 Å². The molecule has 2 rings (SSSR count). The molecule has 0 amide bonds. The van der Waals surface area contributed by atoms with Crippen molar-refractivity contribution in [2.24, 2.45) is 5.73 Å². The van der Waals surface area contributed by atoms with Crippen molar-refractivity contribution in [2.75, 3.05) is 0 Å². The summed E-state index contributed by atoms with van der Waals surface area (Å²) < 4.78 is 1.84. The average molecular weight is 230 g/mol. The van der Waals surface area contributed by atoms with Crippen LogP contribution in [0, 0.1) is 20.8 Å². The molecule has 4 heteroatoms. The minimum Gasteiger partial charge on any atom is -0.324 e. The maximum atomic E-state index is 5.50. The van der Waals surface area contributed by atoms with Gasteiger partial charge in [0.1, 0.15) is 6.33 Å². The molecule has 0 atom stereocenters. The molecule has 0 saturated heterocycles. The van der Waals surface area contributed by atoms with E-state index in [1.807, 2.05) is 4.68 Å². The first-order valence-electron chi connectivity index (χ1n) is 5.75. The van der Waals surface area contributed by atoms with Gasteiger partial charge in [0.05, 0.1) is 13.1 Å². The fraction of sp³-hybridized carbons (Fsp3) is 0.385. The van der Waals surface area contributed by atoms with Crippen LogP contribution in [-0.4, -0.2) is 14.8 Å². The van der Waals surface area contributed by atoms with Crippen LogP contribution in [0.15, 0.2) is 18.5 Å². The first kappa shape index (κ1) is 11.8. The molecule has 2 aromatic rings. The molecule has 2 N–H and O–H groups in total. The minimum absolute atomic E-state index is 0.388. The number of nitrogens with two attached hydrogens (primary N) is 1. The maximum absolute atomic E-state index is 5.50. The summed E-state index contributed by atoms with van der Waals surface area (Å²) in [5.74, 6) is 0.687. The van der Waals surface area contributed by atoms with E-state index in [2.05, 4.69) is 43.0 Å². The Balaban J connectivity index is 2.29. The fourth-order valence-electron chi connectivity index (χ4n) is 2.12. The van der Waals surface area contributed by atoms with E-state index >= 15 is 0 Å². The molecular formula is C13H18N4. The second-order valence-corrected chi connectivity index (χ2v) is 4.44. The molecule has 1 aromatic heterocycles. The van der Waals surface area contributed by atoms with Gasteiger partial charge in [0.15, 0.2) is 5.82 Å². The number of rotatable bonds is 3. The zero-order valence-electron chi connectivity index (χ0n) is 10.6. The molecule has 0 aliphatic rings. The molecule has 0 spiro atoms. The molecule has 90 valence electrons. The molecule has 0 aliphatic carbocycles. The van der Waals surface area contributed by atoms with Crippen molar-refractivity contribution >= 4 is 0 Å². The van der Waals surface area contributed by atoms with E-state index in [1.54, 1.807) is 6.33 Å². The molecule has 1 heterocycles. The number of hydrogen-bond acceptors (Lipinski definition) is 3. The number of aromatic nitrogens is 3. The van der Waals surface area contributed by atoms with Crippen LogP contribution in [0.2, 0.25) is 0 Å². The fourth-order valence-corrected chi connectivity index (χ4v) is 2.12. The van der Waals surface area contributed by atoms with E-state index < -0.39 is 0 Å². The number of aryl methyl sites for hydroxylation is 3. The molecule has 0 aliphatic heterocycles. The zero-order chi connectivity index (χ0) is 12.4. The van der Waals surface area contributed by atoms with E-state index in [0.717, 1.165) is 6.54 Å². The quantitative estimate of drug-likeness (QED) is 0.873. The van der Waals surface area contributed by atoms with Crippen molar-refractivity contribution in [2.45, 2.75) is 33.9 Å². The van der Waals surface area contributed by atoms with Gasteiger partial charge in [0.2, 0.25) is 0 Å². The lowest BCUT2D eigenvalue weighted by Gasteiger charge is -2.10. The van der Waals surface area contributed by atoms with Gasteiger partial charge >= 0.3 is 0 Å². The Kier molecular flexibility index (Phi) is 3.24. The lowest BCUT2D eigenvalue weighted by Crippen LogP contribution is -2.06. The first-order chi connectivity index (χ1) is 8.10. The van der Waals surface area contributed by atoms with E-state index in [9.17, 15) is 0 Å². The Bertz CT molecular complexity index is 505. The number of hydrogen-bond donors (Lipinski definition) is 1. The molecule has 0 radical (unpaired) electrons.